The normalized spacial score (nSPS) is 11.5. The highest BCUT2D eigenvalue weighted by Gasteiger charge is 2.30. The number of nitriles is 1. The summed E-state index contributed by atoms with van der Waals surface area (Å²) in [6.45, 7) is 0. The molecule has 0 aliphatic rings. The molecule has 0 fully saturated rings. The van der Waals surface area contributed by atoms with E-state index >= 15 is 0 Å². The zero-order valence-corrected chi connectivity index (χ0v) is 14.0. The topological polar surface area (TPSA) is 96.3 Å². The van der Waals surface area contributed by atoms with Crippen LogP contribution in [0.25, 0.3) is 0 Å². The molecule has 2 rings (SSSR count). The summed E-state index contributed by atoms with van der Waals surface area (Å²) in [4.78, 5) is 11.8. The van der Waals surface area contributed by atoms with Crippen molar-refractivity contribution >= 4 is 15.9 Å². The molecule has 0 aromatic heterocycles. The van der Waals surface area contributed by atoms with Crippen LogP contribution in [0.5, 0.6) is 11.5 Å². The van der Waals surface area contributed by atoms with Gasteiger partial charge >= 0.3 is 6.18 Å². The molecule has 1 amide bonds. The number of carbonyl (C=O) groups excluding carboxylic acids is 1. The summed E-state index contributed by atoms with van der Waals surface area (Å²) in [5.41, 5.74) is -1.19. The molecular formula is C16H11F3N2O4S. The smallest absolute Gasteiger partial charge is 0.416 e. The third-order valence-corrected chi connectivity index (χ3v) is 3.59. The molecule has 0 aliphatic carbocycles. The van der Waals surface area contributed by atoms with Crippen molar-refractivity contribution in [1.82, 2.24) is 4.72 Å². The first-order valence-corrected chi connectivity index (χ1v) is 8.80. The van der Waals surface area contributed by atoms with Gasteiger partial charge in [0.25, 0.3) is 5.91 Å². The lowest BCUT2D eigenvalue weighted by molar-refractivity contribution is -0.137. The van der Waals surface area contributed by atoms with Crippen LogP contribution in [0.1, 0.15) is 21.5 Å². The SMILES string of the molecule is CS(=O)(=O)NC(=O)c1ccc(Oc2cccc(C(F)(F)F)c2)c(C#N)c1. The van der Waals surface area contributed by atoms with Gasteiger partial charge in [0, 0.05) is 5.56 Å². The van der Waals surface area contributed by atoms with E-state index in [9.17, 15) is 26.4 Å². The molecular weight excluding hydrogens is 373 g/mol. The summed E-state index contributed by atoms with van der Waals surface area (Å²) in [5.74, 6) is -1.18. The number of hydrogen-bond donors (Lipinski definition) is 1. The Labute approximate surface area is 146 Å². The van der Waals surface area contributed by atoms with E-state index in [-0.39, 0.29) is 22.6 Å². The highest BCUT2D eigenvalue weighted by atomic mass is 32.2. The largest absolute Gasteiger partial charge is 0.456 e. The summed E-state index contributed by atoms with van der Waals surface area (Å²) in [5, 5.41) is 9.16. The second kappa shape index (κ2) is 7.05. The van der Waals surface area contributed by atoms with Crippen LogP contribution in [-0.2, 0) is 16.2 Å². The number of nitrogens with zero attached hydrogens (tertiary/aromatic N) is 1. The maximum Gasteiger partial charge on any atom is 0.416 e. The van der Waals surface area contributed by atoms with Gasteiger partial charge in [0.2, 0.25) is 10.0 Å². The van der Waals surface area contributed by atoms with Gasteiger partial charge in [0.1, 0.15) is 17.6 Å². The molecule has 0 saturated heterocycles. The van der Waals surface area contributed by atoms with Crippen molar-refractivity contribution in [1.29, 1.82) is 5.26 Å². The Morgan fingerprint density at radius 1 is 1.19 bits per heavy atom. The minimum absolute atomic E-state index is 0.0808. The van der Waals surface area contributed by atoms with Crippen LogP contribution in [0.3, 0.4) is 0 Å². The van der Waals surface area contributed by atoms with Crippen LogP contribution >= 0.6 is 0 Å². The predicted octanol–water partition coefficient (Wildman–Crippen LogP) is 3.06. The molecule has 136 valence electrons. The average Bonchev–Trinajstić information content (AvgIpc) is 2.53. The van der Waals surface area contributed by atoms with Gasteiger partial charge in [-0.3, -0.25) is 4.79 Å². The second-order valence-electron chi connectivity index (χ2n) is 5.15. The number of ether oxygens (including phenoxy) is 1. The first-order valence-electron chi connectivity index (χ1n) is 6.91. The Hall–Kier alpha value is -3.06. The molecule has 0 unspecified atom stereocenters. The summed E-state index contributed by atoms with van der Waals surface area (Å²) >= 11 is 0. The van der Waals surface area contributed by atoms with Crippen molar-refractivity contribution in [2.24, 2.45) is 0 Å². The maximum absolute atomic E-state index is 12.7. The number of hydrogen-bond acceptors (Lipinski definition) is 5. The number of sulfonamides is 1. The summed E-state index contributed by atoms with van der Waals surface area (Å²) in [6, 6.07) is 9.26. The highest BCUT2D eigenvalue weighted by molar-refractivity contribution is 7.89. The van der Waals surface area contributed by atoms with Crippen molar-refractivity contribution in [3.63, 3.8) is 0 Å². The third kappa shape index (κ3) is 4.97. The fraction of sp³-hybridized carbons (Fsp3) is 0.125. The lowest BCUT2D eigenvalue weighted by atomic mass is 10.1. The molecule has 6 nitrogen and oxygen atoms in total. The first-order chi connectivity index (χ1) is 12.0. The number of carbonyl (C=O) groups is 1. The number of rotatable bonds is 4. The number of amides is 1. The number of nitrogens with one attached hydrogen (secondary N) is 1. The molecule has 1 N–H and O–H groups in total. The molecule has 0 spiro atoms. The Bertz CT molecular complexity index is 995. The number of halogens is 3. The lowest BCUT2D eigenvalue weighted by Gasteiger charge is -2.11. The molecule has 0 radical (unpaired) electrons. The lowest BCUT2D eigenvalue weighted by Crippen LogP contribution is -2.29. The van der Waals surface area contributed by atoms with E-state index in [1.165, 1.54) is 18.2 Å². The van der Waals surface area contributed by atoms with E-state index < -0.39 is 27.7 Å². The van der Waals surface area contributed by atoms with Gasteiger partial charge in [0.15, 0.2) is 0 Å². The molecule has 10 heteroatoms. The fourth-order valence-electron chi connectivity index (χ4n) is 1.94. The summed E-state index contributed by atoms with van der Waals surface area (Å²) in [6.07, 6.45) is -3.76. The minimum Gasteiger partial charge on any atom is -0.456 e. The van der Waals surface area contributed by atoms with Gasteiger partial charge in [-0.1, -0.05) is 6.07 Å². The van der Waals surface area contributed by atoms with Crippen molar-refractivity contribution in [2.45, 2.75) is 6.18 Å². The van der Waals surface area contributed by atoms with E-state index in [1.54, 1.807) is 10.8 Å². The fourth-order valence-corrected chi connectivity index (χ4v) is 2.39. The monoisotopic (exact) mass is 384 g/mol. The van der Waals surface area contributed by atoms with Crippen molar-refractivity contribution in [2.75, 3.05) is 6.26 Å². The van der Waals surface area contributed by atoms with Crippen LogP contribution in [-0.4, -0.2) is 20.6 Å². The van der Waals surface area contributed by atoms with Gasteiger partial charge in [-0.2, -0.15) is 18.4 Å². The highest BCUT2D eigenvalue weighted by Crippen LogP contribution is 2.33. The maximum atomic E-state index is 12.7. The van der Waals surface area contributed by atoms with Crippen LogP contribution in [0, 0.1) is 11.3 Å². The Morgan fingerprint density at radius 2 is 1.88 bits per heavy atom. The molecule has 2 aromatic carbocycles. The third-order valence-electron chi connectivity index (χ3n) is 3.03. The van der Waals surface area contributed by atoms with E-state index in [0.717, 1.165) is 30.5 Å². The second-order valence-corrected chi connectivity index (χ2v) is 6.90. The molecule has 2 aromatic rings. The van der Waals surface area contributed by atoms with Crippen molar-refractivity contribution in [3.05, 3.63) is 59.2 Å². The molecule has 0 atom stereocenters. The van der Waals surface area contributed by atoms with E-state index in [0.29, 0.717) is 0 Å². The van der Waals surface area contributed by atoms with Crippen molar-refractivity contribution in [3.8, 4) is 17.6 Å². The van der Waals surface area contributed by atoms with Gasteiger partial charge < -0.3 is 4.74 Å². The summed E-state index contributed by atoms with van der Waals surface area (Å²) < 4.78 is 67.4. The standard InChI is InChI=1S/C16H11F3N2O4S/c1-26(23,24)21-15(22)10-5-6-14(11(7-10)9-20)25-13-4-2-3-12(8-13)16(17,18)19/h2-8H,1H3,(H,21,22). The molecule has 0 saturated carbocycles. The van der Waals surface area contributed by atoms with E-state index in [2.05, 4.69) is 0 Å². The Balaban J connectivity index is 2.32. The predicted molar refractivity (Wildman–Crippen MR) is 85.0 cm³/mol. The Kier molecular flexibility index (Phi) is 5.22. The molecule has 26 heavy (non-hydrogen) atoms. The first kappa shape index (κ1) is 19.3. The van der Waals surface area contributed by atoms with Crippen LogP contribution < -0.4 is 9.46 Å². The van der Waals surface area contributed by atoms with E-state index in [1.807, 2.05) is 0 Å². The summed E-state index contributed by atoms with van der Waals surface area (Å²) in [7, 11) is -3.79. The van der Waals surface area contributed by atoms with E-state index in [4.69, 9.17) is 10.00 Å². The van der Waals surface area contributed by atoms with Crippen molar-refractivity contribution < 1.29 is 31.1 Å². The quantitative estimate of drug-likeness (QED) is 0.874. The van der Waals surface area contributed by atoms with Gasteiger partial charge in [-0.25, -0.2) is 13.1 Å². The minimum atomic E-state index is -4.55. The molecule has 0 aliphatic heterocycles. The van der Waals surface area contributed by atoms with Gasteiger partial charge in [-0.05, 0) is 36.4 Å². The average molecular weight is 384 g/mol. The number of alkyl halides is 3. The van der Waals surface area contributed by atoms with Gasteiger partial charge in [-0.15, -0.1) is 0 Å². The van der Waals surface area contributed by atoms with Crippen LogP contribution in [0.2, 0.25) is 0 Å². The Morgan fingerprint density at radius 3 is 2.46 bits per heavy atom. The van der Waals surface area contributed by atoms with Crippen LogP contribution in [0.4, 0.5) is 13.2 Å². The molecule has 0 bridgehead atoms. The molecule has 0 heterocycles. The zero-order chi connectivity index (χ0) is 19.5. The number of benzene rings is 2. The van der Waals surface area contributed by atoms with Crippen LogP contribution in [0.15, 0.2) is 42.5 Å². The zero-order valence-electron chi connectivity index (χ0n) is 13.2. The van der Waals surface area contributed by atoms with Gasteiger partial charge in [0.05, 0.1) is 17.4 Å².